The zero-order valence-corrected chi connectivity index (χ0v) is 19.4. The number of pyridine rings is 2. The van der Waals surface area contributed by atoms with Crippen LogP contribution in [0, 0.1) is 6.92 Å². The number of aromatic amines is 1. The summed E-state index contributed by atoms with van der Waals surface area (Å²) in [6.45, 7) is 2.01. The van der Waals surface area contributed by atoms with E-state index in [1.54, 1.807) is 33.9 Å². The summed E-state index contributed by atoms with van der Waals surface area (Å²) in [6.07, 6.45) is 4.65. The molecule has 0 spiro atoms. The summed E-state index contributed by atoms with van der Waals surface area (Å²) >= 11 is 6.44. The lowest BCUT2D eigenvalue weighted by atomic mass is 10.0. The van der Waals surface area contributed by atoms with Gasteiger partial charge < -0.3 is 15.3 Å². The smallest absolute Gasteiger partial charge is 0.252 e. The van der Waals surface area contributed by atoms with E-state index in [0.717, 1.165) is 46.5 Å². The van der Waals surface area contributed by atoms with Crippen molar-refractivity contribution in [2.24, 2.45) is 0 Å². The molecule has 1 aliphatic heterocycles. The van der Waals surface area contributed by atoms with Crippen LogP contribution in [0.15, 0.2) is 59.8 Å². The molecule has 0 fully saturated rings. The van der Waals surface area contributed by atoms with Crippen LogP contribution < -0.4 is 11.3 Å². The lowest BCUT2D eigenvalue weighted by molar-refractivity contribution is 0.572. The minimum atomic E-state index is -0.240. The van der Waals surface area contributed by atoms with Gasteiger partial charge >= 0.3 is 0 Å². The summed E-state index contributed by atoms with van der Waals surface area (Å²) in [5, 5.41) is 11.8. The number of rotatable bonds is 4. The number of nitrogen functional groups attached to an aromatic ring is 1. The zero-order chi connectivity index (χ0) is 24.1. The number of benzene rings is 1. The first kappa shape index (κ1) is 21.2. The van der Waals surface area contributed by atoms with Crippen molar-refractivity contribution in [3.63, 3.8) is 0 Å². The van der Waals surface area contributed by atoms with Gasteiger partial charge in [0.2, 0.25) is 0 Å². The van der Waals surface area contributed by atoms with Crippen molar-refractivity contribution in [3.8, 4) is 28.1 Å². The first-order chi connectivity index (χ1) is 17.0. The normalized spacial score (nSPS) is 14.9. The van der Waals surface area contributed by atoms with Crippen molar-refractivity contribution in [1.29, 1.82) is 0 Å². The fourth-order valence-corrected chi connectivity index (χ4v) is 4.88. The van der Waals surface area contributed by atoms with Crippen molar-refractivity contribution in [1.82, 2.24) is 39.7 Å². The standard InChI is InChI=1S/C24H20ClN9O/c1-13-2-5-18(33-12-28-31-32-33)17(8-13)15-9-16-4-6-19(34(16)21(35)10-15)24-29-22(23(25)30-24)14-3-7-20(26)27-11-14/h2-3,5,7-12,19H,4,6H2,1H3,(H2,26,27)(H,29,30)/t19-/m0/s1. The molecule has 1 aromatic carbocycles. The number of hydrogen-bond acceptors (Lipinski definition) is 7. The molecule has 10 nitrogen and oxygen atoms in total. The molecule has 0 bridgehead atoms. The highest BCUT2D eigenvalue weighted by Gasteiger charge is 2.29. The van der Waals surface area contributed by atoms with Crippen molar-refractivity contribution in [2.45, 2.75) is 25.8 Å². The molecule has 0 aliphatic carbocycles. The fraction of sp³-hybridized carbons (Fsp3) is 0.167. The maximum atomic E-state index is 13.4. The number of aryl methyl sites for hydroxylation is 2. The molecule has 0 saturated carbocycles. The molecule has 0 saturated heterocycles. The highest BCUT2D eigenvalue weighted by atomic mass is 35.5. The third kappa shape index (κ3) is 3.68. The first-order valence-electron chi connectivity index (χ1n) is 11.0. The average Bonchev–Trinajstić information content (AvgIpc) is 3.59. The minimum Gasteiger partial charge on any atom is -0.384 e. The minimum absolute atomic E-state index is 0.104. The summed E-state index contributed by atoms with van der Waals surface area (Å²) in [4.78, 5) is 25.4. The Hall–Kier alpha value is -4.31. The number of nitrogens with zero attached hydrogens (tertiary/aromatic N) is 7. The summed E-state index contributed by atoms with van der Waals surface area (Å²) in [6, 6.07) is 13.0. The Balaban J connectivity index is 1.41. The van der Waals surface area contributed by atoms with Gasteiger partial charge in [0.05, 0.1) is 17.4 Å². The van der Waals surface area contributed by atoms with Crippen LogP contribution in [-0.4, -0.2) is 39.7 Å². The molecule has 0 amide bonds. The van der Waals surface area contributed by atoms with Crippen molar-refractivity contribution in [2.75, 3.05) is 5.73 Å². The largest absolute Gasteiger partial charge is 0.384 e. The van der Waals surface area contributed by atoms with Crippen LogP contribution in [0.2, 0.25) is 5.15 Å². The zero-order valence-electron chi connectivity index (χ0n) is 18.7. The molecule has 6 rings (SSSR count). The van der Waals surface area contributed by atoms with Gasteiger partial charge in [-0.25, -0.2) is 9.97 Å². The number of halogens is 1. The highest BCUT2D eigenvalue weighted by Crippen LogP contribution is 2.35. The molecule has 3 N–H and O–H groups in total. The van der Waals surface area contributed by atoms with E-state index in [1.165, 1.54) is 0 Å². The van der Waals surface area contributed by atoms with Gasteiger partial charge in [-0.1, -0.05) is 23.2 Å². The summed E-state index contributed by atoms with van der Waals surface area (Å²) < 4.78 is 3.39. The molecule has 1 aliphatic rings. The SMILES string of the molecule is Cc1ccc(-n2cnnn2)c(-c2cc3n(c(=O)c2)[C@H](c2nc(Cl)c(-c4ccc(N)nc4)[nH]2)CC3)c1. The molecular formula is C24H20ClN9O. The first-order valence-corrected chi connectivity index (χ1v) is 11.4. The van der Waals surface area contributed by atoms with Crippen LogP contribution in [-0.2, 0) is 6.42 Å². The topological polar surface area (TPSA) is 133 Å². The third-order valence-electron chi connectivity index (χ3n) is 6.26. The van der Waals surface area contributed by atoms with Crippen LogP contribution >= 0.6 is 11.6 Å². The van der Waals surface area contributed by atoms with Crippen molar-refractivity contribution < 1.29 is 0 Å². The average molecular weight is 486 g/mol. The Morgan fingerprint density at radius 3 is 2.80 bits per heavy atom. The van der Waals surface area contributed by atoms with E-state index in [2.05, 4.69) is 36.5 Å². The van der Waals surface area contributed by atoms with Gasteiger partial charge in [-0.15, -0.1) is 5.10 Å². The van der Waals surface area contributed by atoms with Crippen LogP contribution in [0.1, 0.15) is 29.5 Å². The molecule has 0 radical (unpaired) electrons. The Bertz CT molecular complexity index is 1600. The molecule has 5 aromatic rings. The quantitative estimate of drug-likeness (QED) is 0.398. The molecule has 35 heavy (non-hydrogen) atoms. The van der Waals surface area contributed by atoms with E-state index in [0.29, 0.717) is 22.5 Å². The Kier molecular flexibility index (Phi) is 4.96. The van der Waals surface area contributed by atoms with Gasteiger partial charge in [-0.3, -0.25) is 4.79 Å². The molecule has 4 aromatic heterocycles. The Morgan fingerprint density at radius 1 is 1.14 bits per heavy atom. The number of imidazole rings is 1. The van der Waals surface area contributed by atoms with E-state index < -0.39 is 0 Å². The number of anilines is 1. The second kappa shape index (κ2) is 8.17. The summed E-state index contributed by atoms with van der Waals surface area (Å²) in [5.74, 6) is 1.06. The number of aromatic nitrogens is 8. The monoisotopic (exact) mass is 485 g/mol. The second-order valence-corrected chi connectivity index (χ2v) is 8.89. The number of H-pyrrole nitrogens is 1. The number of fused-ring (bicyclic) bond motifs is 1. The van der Waals surface area contributed by atoms with E-state index in [-0.39, 0.29) is 11.6 Å². The molecule has 1 atom stereocenters. The second-order valence-electron chi connectivity index (χ2n) is 8.53. The number of hydrogen-bond donors (Lipinski definition) is 2. The van der Waals surface area contributed by atoms with Gasteiger partial charge in [0, 0.05) is 29.1 Å². The van der Waals surface area contributed by atoms with E-state index >= 15 is 0 Å². The van der Waals surface area contributed by atoms with E-state index in [1.807, 2.05) is 31.2 Å². The molecule has 0 unspecified atom stereocenters. The molecular weight excluding hydrogens is 466 g/mol. The number of tetrazole rings is 1. The van der Waals surface area contributed by atoms with Crippen molar-refractivity contribution in [3.05, 3.63) is 87.6 Å². The third-order valence-corrected chi connectivity index (χ3v) is 6.53. The van der Waals surface area contributed by atoms with E-state index in [4.69, 9.17) is 17.3 Å². The van der Waals surface area contributed by atoms with E-state index in [9.17, 15) is 4.79 Å². The predicted molar refractivity (Wildman–Crippen MR) is 131 cm³/mol. The van der Waals surface area contributed by atoms with Gasteiger partial charge in [0.15, 0.2) is 5.15 Å². The van der Waals surface area contributed by atoms with Gasteiger partial charge in [-0.2, -0.15) is 4.68 Å². The highest BCUT2D eigenvalue weighted by molar-refractivity contribution is 6.31. The molecule has 174 valence electrons. The number of nitrogens with one attached hydrogen (secondary N) is 1. The van der Waals surface area contributed by atoms with Crippen molar-refractivity contribution >= 4 is 17.4 Å². The van der Waals surface area contributed by atoms with Crippen LogP contribution in [0.3, 0.4) is 0 Å². The summed E-state index contributed by atoms with van der Waals surface area (Å²) in [7, 11) is 0. The van der Waals surface area contributed by atoms with Gasteiger partial charge in [0.25, 0.3) is 5.56 Å². The van der Waals surface area contributed by atoms with Crippen LogP contribution in [0.25, 0.3) is 28.1 Å². The lowest BCUT2D eigenvalue weighted by Crippen LogP contribution is -2.24. The maximum Gasteiger partial charge on any atom is 0.252 e. The molecule has 5 heterocycles. The van der Waals surface area contributed by atoms with Crippen LogP contribution in [0.4, 0.5) is 5.82 Å². The van der Waals surface area contributed by atoms with Gasteiger partial charge in [0.1, 0.15) is 18.0 Å². The molecule has 11 heteroatoms. The Labute approximate surface area is 204 Å². The lowest BCUT2D eigenvalue weighted by Gasteiger charge is -2.15. The van der Waals surface area contributed by atoms with Crippen LogP contribution in [0.5, 0.6) is 0 Å². The Morgan fingerprint density at radius 2 is 2.03 bits per heavy atom. The predicted octanol–water partition coefficient (Wildman–Crippen LogP) is 3.36. The van der Waals surface area contributed by atoms with Gasteiger partial charge in [-0.05, 0) is 66.1 Å². The maximum absolute atomic E-state index is 13.4. The number of nitrogens with two attached hydrogens (primary N) is 1. The summed E-state index contributed by atoms with van der Waals surface area (Å²) in [5.41, 5.74) is 11.5. The fourth-order valence-electron chi connectivity index (χ4n) is 4.63.